The molecule has 7 nitrogen and oxygen atoms in total. The van der Waals surface area contributed by atoms with Crippen LogP contribution in [0.4, 0.5) is 5.82 Å². The van der Waals surface area contributed by atoms with Crippen molar-refractivity contribution >= 4 is 17.0 Å². The summed E-state index contributed by atoms with van der Waals surface area (Å²) in [7, 11) is 0. The van der Waals surface area contributed by atoms with E-state index in [9.17, 15) is 0 Å². The first kappa shape index (κ1) is 12.3. The van der Waals surface area contributed by atoms with E-state index in [1.807, 2.05) is 0 Å². The largest absolute Gasteiger partial charge is 0.376 e. The minimum Gasteiger partial charge on any atom is -0.376 e. The molecule has 1 aliphatic heterocycles. The van der Waals surface area contributed by atoms with Crippen molar-refractivity contribution in [3.8, 4) is 0 Å². The van der Waals surface area contributed by atoms with Crippen LogP contribution in [0.1, 0.15) is 12.8 Å². The van der Waals surface area contributed by atoms with Crippen molar-refractivity contribution in [1.82, 2.24) is 25.3 Å². The second kappa shape index (κ2) is 5.94. The van der Waals surface area contributed by atoms with E-state index in [4.69, 9.17) is 4.74 Å². The van der Waals surface area contributed by atoms with E-state index in [0.29, 0.717) is 18.4 Å². The summed E-state index contributed by atoms with van der Waals surface area (Å²) in [6.07, 6.45) is 5.71. The average Bonchev–Trinajstić information content (AvgIpc) is 2.94. The topological polar surface area (TPSA) is 87.8 Å². The van der Waals surface area contributed by atoms with Gasteiger partial charge in [0.05, 0.1) is 19.0 Å². The van der Waals surface area contributed by atoms with Crippen LogP contribution in [0.15, 0.2) is 12.7 Å². The molecular weight excluding hydrogens is 244 g/mol. The summed E-state index contributed by atoms with van der Waals surface area (Å²) in [5, 5.41) is 6.57. The molecule has 0 radical (unpaired) electrons. The molecule has 2 aromatic rings. The van der Waals surface area contributed by atoms with Crippen LogP contribution in [-0.2, 0) is 4.74 Å². The van der Waals surface area contributed by atoms with Crippen molar-refractivity contribution in [2.24, 2.45) is 0 Å². The van der Waals surface area contributed by atoms with Crippen LogP contribution in [0.25, 0.3) is 11.2 Å². The van der Waals surface area contributed by atoms with Gasteiger partial charge < -0.3 is 20.4 Å². The Kier molecular flexibility index (Phi) is 3.85. The van der Waals surface area contributed by atoms with E-state index in [1.165, 1.54) is 6.33 Å². The van der Waals surface area contributed by atoms with Crippen LogP contribution in [0.3, 0.4) is 0 Å². The Morgan fingerprint density at radius 3 is 3.05 bits per heavy atom. The van der Waals surface area contributed by atoms with Gasteiger partial charge in [-0.25, -0.2) is 15.0 Å². The van der Waals surface area contributed by atoms with Gasteiger partial charge in [0, 0.05) is 6.54 Å². The zero-order valence-electron chi connectivity index (χ0n) is 10.7. The molecule has 0 bridgehead atoms. The maximum atomic E-state index is 5.83. The van der Waals surface area contributed by atoms with Crippen LogP contribution < -0.4 is 10.6 Å². The maximum Gasteiger partial charge on any atom is 0.182 e. The molecule has 0 amide bonds. The monoisotopic (exact) mass is 262 g/mol. The van der Waals surface area contributed by atoms with Gasteiger partial charge in [0.15, 0.2) is 11.5 Å². The summed E-state index contributed by atoms with van der Waals surface area (Å²) >= 11 is 0. The van der Waals surface area contributed by atoms with Crippen molar-refractivity contribution in [2.75, 3.05) is 31.6 Å². The molecule has 0 aliphatic carbocycles. The average molecular weight is 262 g/mol. The number of aromatic nitrogens is 4. The van der Waals surface area contributed by atoms with E-state index >= 15 is 0 Å². The quantitative estimate of drug-likeness (QED) is 0.681. The summed E-state index contributed by atoms with van der Waals surface area (Å²) in [5.41, 5.74) is 1.51. The van der Waals surface area contributed by atoms with E-state index in [-0.39, 0.29) is 0 Å². The molecule has 3 N–H and O–H groups in total. The van der Waals surface area contributed by atoms with Crippen molar-refractivity contribution in [1.29, 1.82) is 0 Å². The lowest BCUT2D eigenvalue weighted by Crippen LogP contribution is -2.33. The molecule has 0 aromatic carbocycles. The molecular formula is C12H18N6O. The number of aromatic amines is 1. The van der Waals surface area contributed by atoms with Gasteiger partial charge in [0.2, 0.25) is 0 Å². The summed E-state index contributed by atoms with van der Waals surface area (Å²) in [6, 6.07) is 0. The normalized spacial score (nSPS) is 16.8. The number of imidazole rings is 1. The van der Waals surface area contributed by atoms with Crippen LogP contribution in [-0.4, -0.2) is 52.3 Å². The van der Waals surface area contributed by atoms with Gasteiger partial charge in [-0.15, -0.1) is 0 Å². The van der Waals surface area contributed by atoms with Gasteiger partial charge in [-0.1, -0.05) is 0 Å². The molecule has 3 heterocycles. The lowest BCUT2D eigenvalue weighted by Gasteiger charge is -2.23. The van der Waals surface area contributed by atoms with Gasteiger partial charge in [-0.3, -0.25) is 0 Å². The molecule has 0 spiro atoms. The molecule has 102 valence electrons. The molecule has 2 aromatic heterocycles. The van der Waals surface area contributed by atoms with Gasteiger partial charge >= 0.3 is 0 Å². The fourth-order valence-corrected chi connectivity index (χ4v) is 2.26. The fourth-order valence-electron chi connectivity index (χ4n) is 2.26. The van der Waals surface area contributed by atoms with Crippen LogP contribution >= 0.6 is 0 Å². The van der Waals surface area contributed by atoms with Gasteiger partial charge in [0.25, 0.3) is 0 Å². The number of fused-ring (bicyclic) bond motifs is 1. The second-order valence-electron chi connectivity index (χ2n) is 4.57. The van der Waals surface area contributed by atoms with Crippen molar-refractivity contribution < 1.29 is 4.74 Å². The SMILES string of the molecule is c1nc(NCCOC2CCNCC2)c2[nH]cnc2n1. The smallest absolute Gasteiger partial charge is 0.182 e. The highest BCUT2D eigenvalue weighted by atomic mass is 16.5. The van der Waals surface area contributed by atoms with E-state index in [1.54, 1.807) is 6.33 Å². The number of rotatable bonds is 5. The highest BCUT2D eigenvalue weighted by Gasteiger charge is 2.12. The van der Waals surface area contributed by atoms with Crippen molar-refractivity contribution in [3.05, 3.63) is 12.7 Å². The lowest BCUT2D eigenvalue weighted by molar-refractivity contribution is 0.0394. The Balaban J connectivity index is 1.48. The van der Waals surface area contributed by atoms with E-state index < -0.39 is 0 Å². The molecule has 0 atom stereocenters. The number of piperidine rings is 1. The number of hydrogen-bond acceptors (Lipinski definition) is 6. The number of ether oxygens (including phenoxy) is 1. The predicted molar refractivity (Wildman–Crippen MR) is 72.0 cm³/mol. The van der Waals surface area contributed by atoms with Crippen LogP contribution in [0, 0.1) is 0 Å². The third-order valence-electron chi connectivity index (χ3n) is 3.26. The summed E-state index contributed by atoms with van der Waals surface area (Å²) < 4.78 is 5.83. The molecule has 0 saturated carbocycles. The van der Waals surface area contributed by atoms with Gasteiger partial charge in [-0.2, -0.15) is 0 Å². The standard InChI is InChI=1S/C12H18N6O/c1-3-13-4-2-9(1)19-6-5-14-11-10-12(16-7-15-10)18-8-17-11/h7-9,13H,1-6H2,(H2,14,15,16,17,18). The molecule has 1 saturated heterocycles. The molecule has 1 aliphatic rings. The Bertz CT molecular complexity index is 522. The fraction of sp³-hybridized carbons (Fsp3) is 0.583. The number of nitrogens with one attached hydrogen (secondary N) is 3. The molecule has 7 heteroatoms. The van der Waals surface area contributed by atoms with Crippen molar-refractivity contribution in [2.45, 2.75) is 18.9 Å². The molecule has 1 fully saturated rings. The van der Waals surface area contributed by atoms with Crippen LogP contribution in [0.5, 0.6) is 0 Å². The predicted octanol–water partition coefficient (Wildman–Crippen LogP) is 0.533. The van der Waals surface area contributed by atoms with E-state index in [2.05, 4.69) is 30.6 Å². The Labute approximate surface area is 111 Å². The first-order valence-corrected chi connectivity index (χ1v) is 6.64. The molecule has 0 unspecified atom stereocenters. The summed E-state index contributed by atoms with van der Waals surface area (Å²) in [5.74, 6) is 0.774. The molecule has 3 rings (SSSR count). The first-order valence-electron chi connectivity index (χ1n) is 6.64. The highest BCUT2D eigenvalue weighted by molar-refractivity contribution is 5.81. The maximum absolute atomic E-state index is 5.83. The Morgan fingerprint density at radius 2 is 2.16 bits per heavy atom. The lowest BCUT2D eigenvalue weighted by atomic mass is 10.1. The van der Waals surface area contributed by atoms with Gasteiger partial charge in [-0.05, 0) is 25.9 Å². The third kappa shape index (κ3) is 2.99. The Hall–Kier alpha value is -1.73. The zero-order valence-corrected chi connectivity index (χ0v) is 10.7. The number of hydrogen-bond donors (Lipinski definition) is 3. The zero-order chi connectivity index (χ0) is 12.9. The minimum atomic E-state index is 0.389. The van der Waals surface area contributed by atoms with Crippen molar-refractivity contribution in [3.63, 3.8) is 0 Å². The second-order valence-corrected chi connectivity index (χ2v) is 4.57. The van der Waals surface area contributed by atoms with Gasteiger partial charge in [0.1, 0.15) is 11.8 Å². The highest BCUT2D eigenvalue weighted by Crippen LogP contribution is 2.14. The number of nitrogens with zero attached hydrogens (tertiary/aromatic N) is 3. The van der Waals surface area contributed by atoms with E-state index in [0.717, 1.165) is 43.8 Å². The first-order chi connectivity index (χ1) is 9.43. The molecule has 19 heavy (non-hydrogen) atoms. The Morgan fingerprint density at radius 1 is 1.26 bits per heavy atom. The number of H-pyrrole nitrogens is 1. The van der Waals surface area contributed by atoms with Crippen LogP contribution in [0.2, 0.25) is 0 Å². The third-order valence-corrected chi connectivity index (χ3v) is 3.26. The minimum absolute atomic E-state index is 0.389. The number of anilines is 1. The summed E-state index contributed by atoms with van der Waals surface area (Å²) in [4.78, 5) is 15.4. The summed E-state index contributed by atoms with van der Waals surface area (Å²) in [6.45, 7) is 3.52.